The van der Waals surface area contributed by atoms with Crippen molar-refractivity contribution in [1.29, 1.82) is 0 Å². The molecule has 0 atom stereocenters. The first kappa shape index (κ1) is 15.3. The number of nitrogens with zero attached hydrogens (tertiary/aromatic N) is 2. The van der Waals surface area contributed by atoms with Gasteiger partial charge in [-0.15, -0.1) is 0 Å². The molecule has 6 nitrogen and oxygen atoms in total. The Bertz CT molecular complexity index is 647. The van der Waals surface area contributed by atoms with Crippen LogP contribution < -0.4 is 5.73 Å². The molecule has 2 aromatic rings. The smallest absolute Gasteiger partial charge is 0.406 e. The number of benzene rings is 1. The van der Waals surface area contributed by atoms with Crippen molar-refractivity contribution < 1.29 is 14.3 Å². The van der Waals surface area contributed by atoms with Gasteiger partial charge in [0.15, 0.2) is 0 Å². The molecular weight excluding hydrogens is 270 g/mol. The molecule has 2 rings (SSSR count). The number of carbonyl (C=O) groups is 1. The van der Waals surface area contributed by atoms with Gasteiger partial charge in [0.1, 0.15) is 0 Å². The van der Waals surface area contributed by atoms with E-state index in [2.05, 4.69) is 18.9 Å². The topological polar surface area (TPSA) is 79.4 Å². The number of hydrogen-bond acceptors (Lipinski definition) is 4. The maximum absolute atomic E-state index is 10.8. The quantitative estimate of drug-likeness (QED) is 0.859. The minimum atomic E-state index is -1.09. The summed E-state index contributed by atoms with van der Waals surface area (Å²) in [5.74, 6) is -1.09. The molecule has 0 aliphatic rings. The van der Waals surface area contributed by atoms with Crippen molar-refractivity contribution in [3.8, 4) is 0 Å². The number of ether oxygens (including phenoxy) is 2. The molecule has 1 heterocycles. The molecule has 0 unspecified atom stereocenters. The van der Waals surface area contributed by atoms with Crippen molar-refractivity contribution in [2.75, 3.05) is 0 Å². The normalized spacial score (nSPS) is 12.0. The Hall–Kier alpha value is -2.08. The summed E-state index contributed by atoms with van der Waals surface area (Å²) in [6, 6.07) is 8.22. The molecule has 0 aliphatic carbocycles. The van der Waals surface area contributed by atoms with Crippen molar-refractivity contribution in [3.05, 3.63) is 30.0 Å². The Morgan fingerprint density at radius 3 is 2.67 bits per heavy atom. The number of amides is 1. The van der Waals surface area contributed by atoms with E-state index in [1.165, 1.54) is 0 Å². The highest BCUT2D eigenvalue weighted by Crippen LogP contribution is 2.24. The highest BCUT2D eigenvalue weighted by Gasteiger charge is 2.23. The highest BCUT2D eigenvalue weighted by molar-refractivity contribution is 5.81. The van der Waals surface area contributed by atoms with E-state index < -0.39 is 11.9 Å². The van der Waals surface area contributed by atoms with E-state index in [9.17, 15) is 4.79 Å². The summed E-state index contributed by atoms with van der Waals surface area (Å²) in [6.45, 7) is 7.66. The van der Waals surface area contributed by atoms with Gasteiger partial charge in [0.05, 0.1) is 17.8 Å². The predicted molar refractivity (Wildman–Crippen MR) is 79.7 cm³/mol. The maximum atomic E-state index is 10.8. The Balaban J connectivity index is 2.25. The van der Waals surface area contributed by atoms with E-state index in [1.807, 2.05) is 28.9 Å². The molecule has 1 amide bonds. The first-order chi connectivity index (χ1) is 9.80. The molecule has 0 fully saturated rings. The van der Waals surface area contributed by atoms with Crippen molar-refractivity contribution >= 4 is 17.0 Å². The monoisotopic (exact) mass is 291 g/mol. The molecule has 1 aromatic heterocycles. The maximum Gasteiger partial charge on any atom is 0.406 e. The average molecular weight is 291 g/mol. The number of primary amides is 1. The lowest BCUT2D eigenvalue weighted by molar-refractivity contribution is -0.182. The molecule has 21 heavy (non-hydrogen) atoms. The fourth-order valence-corrected chi connectivity index (χ4v) is 2.17. The van der Waals surface area contributed by atoms with E-state index in [1.54, 1.807) is 13.8 Å². The van der Waals surface area contributed by atoms with Gasteiger partial charge >= 0.3 is 6.09 Å². The number of para-hydroxylation sites is 1. The van der Waals surface area contributed by atoms with Crippen molar-refractivity contribution in [2.24, 2.45) is 5.73 Å². The van der Waals surface area contributed by atoms with Gasteiger partial charge in [0, 0.05) is 25.3 Å². The summed E-state index contributed by atoms with van der Waals surface area (Å²) >= 11 is 0. The molecular formula is C15H21N3O3. The molecule has 0 bridgehead atoms. The lowest BCUT2D eigenvalue weighted by Crippen LogP contribution is -2.33. The highest BCUT2D eigenvalue weighted by atomic mass is 16.7. The standard InChI is InChI=1S/C15H21N3O3/c1-10(2)18-13-8-6-5-7-11(13)12(17-18)9-20-15(3,4)21-14(16)19/h5-8,10H,9H2,1-4H3,(H2,16,19). The van der Waals surface area contributed by atoms with Crippen molar-refractivity contribution in [3.63, 3.8) is 0 Å². The molecule has 1 aromatic carbocycles. The van der Waals surface area contributed by atoms with Crippen LogP contribution in [-0.4, -0.2) is 21.7 Å². The van der Waals surface area contributed by atoms with Gasteiger partial charge in [-0.1, -0.05) is 18.2 Å². The Morgan fingerprint density at radius 2 is 2.05 bits per heavy atom. The van der Waals surface area contributed by atoms with Gasteiger partial charge in [0.25, 0.3) is 0 Å². The van der Waals surface area contributed by atoms with Gasteiger partial charge in [-0.2, -0.15) is 5.10 Å². The third-order valence-corrected chi connectivity index (χ3v) is 3.08. The van der Waals surface area contributed by atoms with E-state index >= 15 is 0 Å². The molecule has 0 spiro atoms. The Kier molecular flexibility index (Phi) is 4.18. The predicted octanol–water partition coefficient (Wildman–Crippen LogP) is 2.97. The SMILES string of the molecule is CC(C)n1nc(COC(C)(C)OC(N)=O)c2ccccc21. The first-order valence-corrected chi connectivity index (χ1v) is 6.88. The van der Waals surface area contributed by atoms with Crippen LogP contribution in [0.15, 0.2) is 24.3 Å². The molecule has 0 radical (unpaired) electrons. The Morgan fingerprint density at radius 1 is 1.38 bits per heavy atom. The zero-order valence-corrected chi connectivity index (χ0v) is 12.8. The number of fused-ring (bicyclic) bond motifs is 1. The third kappa shape index (κ3) is 3.52. The van der Waals surface area contributed by atoms with Crippen LogP contribution in [0.4, 0.5) is 4.79 Å². The molecule has 2 N–H and O–H groups in total. The number of nitrogens with two attached hydrogens (primary N) is 1. The van der Waals surface area contributed by atoms with Gasteiger partial charge in [-0.3, -0.25) is 4.68 Å². The van der Waals surface area contributed by atoms with Crippen LogP contribution >= 0.6 is 0 Å². The number of rotatable bonds is 5. The van der Waals surface area contributed by atoms with Crippen LogP contribution in [0.2, 0.25) is 0 Å². The van der Waals surface area contributed by atoms with Gasteiger partial charge in [0.2, 0.25) is 5.79 Å². The zero-order chi connectivity index (χ0) is 15.6. The second kappa shape index (κ2) is 5.73. The molecule has 0 saturated carbocycles. The van der Waals surface area contributed by atoms with Crippen LogP contribution in [0.25, 0.3) is 10.9 Å². The summed E-state index contributed by atoms with van der Waals surface area (Å²) in [5.41, 5.74) is 6.88. The van der Waals surface area contributed by atoms with Crippen LogP contribution in [0, 0.1) is 0 Å². The van der Waals surface area contributed by atoms with Crippen molar-refractivity contribution in [1.82, 2.24) is 9.78 Å². The number of hydrogen-bond donors (Lipinski definition) is 1. The van der Waals surface area contributed by atoms with Crippen LogP contribution in [0.3, 0.4) is 0 Å². The second-order valence-corrected chi connectivity index (χ2v) is 5.61. The summed E-state index contributed by atoms with van der Waals surface area (Å²) in [6.07, 6.45) is -0.863. The van der Waals surface area contributed by atoms with E-state index in [-0.39, 0.29) is 12.6 Å². The summed E-state index contributed by atoms with van der Waals surface area (Å²) in [7, 11) is 0. The molecule has 0 aliphatic heterocycles. The van der Waals surface area contributed by atoms with E-state index in [0.29, 0.717) is 0 Å². The van der Waals surface area contributed by atoms with Gasteiger partial charge in [-0.25, -0.2) is 4.79 Å². The average Bonchev–Trinajstić information content (AvgIpc) is 2.74. The molecule has 6 heteroatoms. The van der Waals surface area contributed by atoms with E-state index in [0.717, 1.165) is 16.6 Å². The lowest BCUT2D eigenvalue weighted by atomic mass is 10.2. The summed E-state index contributed by atoms with van der Waals surface area (Å²) in [4.78, 5) is 10.8. The molecule has 0 saturated heterocycles. The second-order valence-electron chi connectivity index (χ2n) is 5.61. The molecule has 114 valence electrons. The third-order valence-electron chi connectivity index (χ3n) is 3.08. The first-order valence-electron chi connectivity index (χ1n) is 6.88. The van der Waals surface area contributed by atoms with Crippen LogP contribution in [0.1, 0.15) is 39.4 Å². The number of aromatic nitrogens is 2. The van der Waals surface area contributed by atoms with Crippen LogP contribution in [-0.2, 0) is 16.1 Å². The van der Waals surface area contributed by atoms with Gasteiger partial charge in [-0.05, 0) is 19.9 Å². The fourth-order valence-electron chi connectivity index (χ4n) is 2.17. The fraction of sp³-hybridized carbons (Fsp3) is 0.467. The number of carbonyl (C=O) groups excluding carboxylic acids is 1. The Labute approximate surface area is 123 Å². The van der Waals surface area contributed by atoms with E-state index in [4.69, 9.17) is 15.2 Å². The van der Waals surface area contributed by atoms with Crippen LogP contribution in [0.5, 0.6) is 0 Å². The zero-order valence-electron chi connectivity index (χ0n) is 12.8. The minimum absolute atomic E-state index is 0.237. The van der Waals surface area contributed by atoms with Crippen molar-refractivity contribution in [2.45, 2.75) is 46.1 Å². The largest absolute Gasteiger partial charge is 0.418 e. The minimum Gasteiger partial charge on any atom is -0.418 e. The lowest BCUT2D eigenvalue weighted by Gasteiger charge is -2.23. The summed E-state index contributed by atoms with van der Waals surface area (Å²) < 4.78 is 12.5. The summed E-state index contributed by atoms with van der Waals surface area (Å²) in [5, 5.41) is 5.62. The van der Waals surface area contributed by atoms with Gasteiger partial charge < -0.3 is 15.2 Å².